The molecule has 0 aromatic carbocycles. The number of ether oxygens (including phenoxy) is 1. The van der Waals surface area contributed by atoms with Crippen LogP contribution in [0.15, 0.2) is 12.4 Å². The van der Waals surface area contributed by atoms with Crippen molar-refractivity contribution in [3.8, 4) is 0 Å². The fourth-order valence-electron chi connectivity index (χ4n) is 2.00. The van der Waals surface area contributed by atoms with Crippen LogP contribution >= 0.6 is 0 Å². The summed E-state index contributed by atoms with van der Waals surface area (Å²) in [5, 5.41) is 2.71. The van der Waals surface area contributed by atoms with Gasteiger partial charge in [0.25, 0.3) is 5.91 Å². The lowest BCUT2D eigenvalue weighted by atomic mass is 10.3. The number of rotatable bonds is 6. The van der Waals surface area contributed by atoms with Crippen LogP contribution in [-0.4, -0.2) is 73.6 Å². The van der Waals surface area contributed by atoms with E-state index in [4.69, 9.17) is 4.74 Å². The van der Waals surface area contributed by atoms with Crippen LogP contribution in [0.1, 0.15) is 10.4 Å². The fraction of sp³-hybridized carbons (Fsp3) is 0.538. The van der Waals surface area contributed by atoms with Gasteiger partial charge in [0.15, 0.2) is 0 Å². The zero-order chi connectivity index (χ0) is 15.1. The van der Waals surface area contributed by atoms with Crippen molar-refractivity contribution < 1.29 is 14.3 Å². The van der Waals surface area contributed by atoms with Gasteiger partial charge in [-0.15, -0.1) is 0 Å². The van der Waals surface area contributed by atoms with E-state index in [-0.39, 0.29) is 5.91 Å². The first-order valence-corrected chi connectivity index (χ1v) is 6.78. The monoisotopic (exact) mass is 293 g/mol. The van der Waals surface area contributed by atoms with Crippen molar-refractivity contribution in [2.24, 2.45) is 0 Å². The van der Waals surface area contributed by atoms with Gasteiger partial charge in [-0.05, 0) is 0 Å². The van der Waals surface area contributed by atoms with E-state index in [2.05, 4.69) is 15.3 Å². The summed E-state index contributed by atoms with van der Waals surface area (Å²) in [5.41, 5.74) is 0.418. The van der Waals surface area contributed by atoms with E-state index >= 15 is 0 Å². The minimum absolute atomic E-state index is 0.218. The Balaban J connectivity index is 1.90. The van der Waals surface area contributed by atoms with Crippen LogP contribution in [0.25, 0.3) is 0 Å². The van der Waals surface area contributed by atoms with E-state index in [0.717, 1.165) is 6.41 Å². The lowest BCUT2D eigenvalue weighted by Gasteiger charge is -2.32. The SMILES string of the molecule is COCCNC(=O)c1cnc(N2CCN(C=O)CC2)nc1. The average molecular weight is 293 g/mol. The van der Waals surface area contributed by atoms with Gasteiger partial charge in [-0.2, -0.15) is 0 Å². The molecular weight excluding hydrogens is 274 g/mol. The molecule has 0 atom stereocenters. The topological polar surface area (TPSA) is 87.7 Å². The summed E-state index contributed by atoms with van der Waals surface area (Å²) in [7, 11) is 1.58. The third kappa shape index (κ3) is 4.12. The van der Waals surface area contributed by atoms with E-state index in [1.54, 1.807) is 12.0 Å². The first kappa shape index (κ1) is 15.2. The molecule has 114 valence electrons. The normalized spacial score (nSPS) is 14.9. The van der Waals surface area contributed by atoms with Gasteiger partial charge < -0.3 is 19.9 Å². The number of methoxy groups -OCH3 is 1. The van der Waals surface area contributed by atoms with Gasteiger partial charge in [0.05, 0.1) is 12.2 Å². The second-order valence-corrected chi connectivity index (χ2v) is 4.65. The minimum Gasteiger partial charge on any atom is -0.383 e. The van der Waals surface area contributed by atoms with Crippen molar-refractivity contribution in [2.75, 3.05) is 51.3 Å². The van der Waals surface area contributed by atoms with Crippen LogP contribution in [0.2, 0.25) is 0 Å². The van der Waals surface area contributed by atoms with Crippen molar-refractivity contribution in [3.63, 3.8) is 0 Å². The summed E-state index contributed by atoms with van der Waals surface area (Å²) in [6.45, 7) is 3.62. The molecule has 2 rings (SSSR count). The molecule has 2 heterocycles. The first-order valence-electron chi connectivity index (χ1n) is 6.78. The highest BCUT2D eigenvalue weighted by atomic mass is 16.5. The van der Waals surface area contributed by atoms with Crippen molar-refractivity contribution in [3.05, 3.63) is 18.0 Å². The second kappa shape index (κ2) is 7.53. The third-order valence-corrected chi connectivity index (χ3v) is 3.24. The first-order chi connectivity index (χ1) is 10.2. The largest absolute Gasteiger partial charge is 0.383 e. The molecule has 2 amide bonds. The molecule has 1 aromatic rings. The number of anilines is 1. The maximum absolute atomic E-state index is 11.8. The molecule has 1 saturated heterocycles. The van der Waals surface area contributed by atoms with Crippen LogP contribution in [0, 0.1) is 0 Å². The zero-order valence-electron chi connectivity index (χ0n) is 12.0. The fourth-order valence-corrected chi connectivity index (χ4v) is 2.00. The van der Waals surface area contributed by atoms with Gasteiger partial charge in [-0.1, -0.05) is 0 Å². The molecule has 0 saturated carbocycles. The highest BCUT2D eigenvalue weighted by Crippen LogP contribution is 2.10. The number of nitrogens with one attached hydrogen (secondary N) is 1. The Labute approximate surface area is 123 Å². The number of piperazine rings is 1. The van der Waals surface area contributed by atoms with E-state index in [0.29, 0.717) is 50.8 Å². The average Bonchev–Trinajstić information content (AvgIpc) is 2.55. The van der Waals surface area contributed by atoms with Gasteiger partial charge in [0, 0.05) is 52.2 Å². The lowest BCUT2D eigenvalue weighted by molar-refractivity contribution is -0.118. The molecule has 0 spiro atoms. The Morgan fingerprint density at radius 2 is 2.00 bits per heavy atom. The predicted molar refractivity (Wildman–Crippen MR) is 76.1 cm³/mol. The molecule has 0 aliphatic carbocycles. The van der Waals surface area contributed by atoms with E-state index in [9.17, 15) is 9.59 Å². The third-order valence-electron chi connectivity index (χ3n) is 3.24. The standard InChI is InChI=1S/C13H19N5O3/c1-21-7-2-14-12(20)11-8-15-13(16-9-11)18-5-3-17(10-19)4-6-18/h8-10H,2-7H2,1H3,(H,14,20). The highest BCUT2D eigenvalue weighted by Gasteiger charge is 2.18. The van der Waals surface area contributed by atoms with Crippen molar-refractivity contribution in [2.45, 2.75) is 0 Å². The number of nitrogens with zero attached hydrogens (tertiary/aromatic N) is 4. The van der Waals surface area contributed by atoms with E-state index in [1.807, 2.05) is 4.90 Å². The molecule has 8 nitrogen and oxygen atoms in total. The number of amides is 2. The molecule has 0 unspecified atom stereocenters. The second-order valence-electron chi connectivity index (χ2n) is 4.65. The summed E-state index contributed by atoms with van der Waals surface area (Å²) in [6, 6.07) is 0. The van der Waals surface area contributed by atoms with Crippen LogP contribution in [0.5, 0.6) is 0 Å². The summed E-state index contributed by atoms with van der Waals surface area (Å²) < 4.78 is 4.86. The van der Waals surface area contributed by atoms with Crippen LogP contribution in [0.3, 0.4) is 0 Å². The van der Waals surface area contributed by atoms with E-state index < -0.39 is 0 Å². The zero-order valence-corrected chi connectivity index (χ0v) is 12.0. The van der Waals surface area contributed by atoms with Gasteiger partial charge in [-0.3, -0.25) is 9.59 Å². The Bertz CT molecular complexity index is 471. The number of carbonyl (C=O) groups excluding carboxylic acids is 2. The van der Waals surface area contributed by atoms with Crippen LogP contribution < -0.4 is 10.2 Å². The molecule has 8 heteroatoms. The van der Waals surface area contributed by atoms with Gasteiger partial charge >= 0.3 is 0 Å². The highest BCUT2D eigenvalue weighted by molar-refractivity contribution is 5.93. The number of carbonyl (C=O) groups is 2. The minimum atomic E-state index is -0.218. The Kier molecular flexibility index (Phi) is 5.44. The van der Waals surface area contributed by atoms with Crippen molar-refractivity contribution in [1.29, 1.82) is 0 Å². The van der Waals surface area contributed by atoms with Gasteiger partial charge in [-0.25, -0.2) is 9.97 Å². The molecule has 1 aromatic heterocycles. The maximum atomic E-state index is 11.8. The number of hydrogen-bond donors (Lipinski definition) is 1. The van der Waals surface area contributed by atoms with Crippen molar-refractivity contribution in [1.82, 2.24) is 20.2 Å². The summed E-state index contributed by atoms with van der Waals surface area (Å²) in [6.07, 6.45) is 3.87. The van der Waals surface area contributed by atoms with Crippen molar-refractivity contribution >= 4 is 18.3 Å². The molecular formula is C13H19N5O3. The van der Waals surface area contributed by atoms with Crippen LogP contribution in [-0.2, 0) is 9.53 Å². The maximum Gasteiger partial charge on any atom is 0.254 e. The number of aromatic nitrogens is 2. The Morgan fingerprint density at radius 1 is 1.33 bits per heavy atom. The molecule has 0 bridgehead atoms. The van der Waals surface area contributed by atoms with Gasteiger partial charge in [0.2, 0.25) is 12.4 Å². The quantitative estimate of drug-likeness (QED) is 0.542. The molecule has 1 fully saturated rings. The van der Waals surface area contributed by atoms with Gasteiger partial charge in [0.1, 0.15) is 0 Å². The predicted octanol–water partition coefficient (Wildman–Crippen LogP) is -0.869. The molecule has 1 N–H and O–H groups in total. The molecule has 0 radical (unpaired) electrons. The lowest BCUT2D eigenvalue weighted by Crippen LogP contribution is -2.46. The molecule has 21 heavy (non-hydrogen) atoms. The summed E-state index contributed by atoms with van der Waals surface area (Å²) >= 11 is 0. The molecule has 1 aliphatic rings. The molecule has 1 aliphatic heterocycles. The van der Waals surface area contributed by atoms with Crippen LogP contribution in [0.4, 0.5) is 5.95 Å². The smallest absolute Gasteiger partial charge is 0.254 e. The summed E-state index contributed by atoms with van der Waals surface area (Å²) in [4.78, 5) is 34.6. The Morgan fingerprint density at radius 3 is 2.57 bits per heavy atom. The van der Waals surface area contributed by atoms with E-state index in [1.165, 1.54) is 12.4 Å². The Hall–Kier alpha value is -2.22. The number of hydrogen-bond acceptors (Lipinski definition) is 6. The summed E-state index contributed by atoms with van der Waals surface area (Å²) in [5.74, 6) is 0.360.